The maximum atomic E-state index is 13.2. The minimum Gasteiger partial charge on any atom is -0.352 e. The quantitative estimate of drug-likeness (QED) is 0.727. The Morgan fingerprint density at radius 1 is 1.12 bits per heavy atom. The zero-order chi connectivity index (χ0) is 17.9. The Hall–Kier alpha value is -2.89. The molecule has 1 fully saturated rings. The standard InChI is InChI=1S/C20H23N5O/c1-2-9-25-17-6-4-3-5-16(17)14-18(25)20(26)24-12-10-23(11-13-24)19-15-21-7-8-22-19/h3-8,14-15H,2,9-13H2,1H3. The van der Waals surface area contributed by atoms with E-state index in [9.17, 15) is 4.79 Å². The van der Waals surface area contributed by atoms with Crippen molar-refractivity contribution >= 4 is 22.6 Å². The highest BCUT2D eigenvalue weighted by Gasteiger charge is 2.25. The molecule has 0 bridgehead atoms. The van der Waals surface area contributed by atoms with Crippen LogP contribution in [-0.4, -0.2) is 51.5 Å². The summed E-state index contributed by atoms with van der Waals surface area (Å²) < 4.78 is 2.16. The highest BCUT2D eigenvalue weighted by Crippen LogP contribution is 2.22. The predicted molar refractivity (Wildman–Crippen MR) is 102 cm³/mol. The largest absolute Gasteiger partial charge is 0.352 e. The molecule has 0 radical (unpaired) electrons. The number of fused-ring (bicyclic) bond motifs is 1. The lowest BCUT2D eigenvalue weighted by atomic mass is 10.2. The molecule has 1 aromatic carbocycles. The fourth-order valence-corrected chi connectivity index (χ4v) is 3.61. The zero-order valence-electron chi connectivity index (χ0n) is 15.0. The number of aromatic nitrogens is 3. The molecule has 4 rings (SSSR count). The lowest BCUT2D eigenvalue weighted by Crippen LogP contribution is -2.49. The maximum Gasteiger partial charge on any atom is 0.270 e. The minimum absolute atomic E-state index is 0.119. The zero-order valence-corrected chi connectivity index (χ0v) is 15.0. The number of amides is 1. The first-order valence-electron chi connectivity index (χ1n) is 9.16. The Morgan fingerprint density at radius 3 is 2.65 bits per heavy atom. The molecule has 3 heterocycles. The molecule has 6 nitrogen and oxygen atoms in total. The molecule has 1 amide bonds. The van der Waals surface area contributed by atoms with Crippen LogP contribution in [-0.2, 0) is 6.54 Å². The lowest BCUT2D eigenvalue weighted by Gasteiger charge is -2.35. The monoisotopic (exact) mass is 349 g/mol. The third kappa shape index (κ3) is 3.03. The highest BCUT2D eigenvalue weighted by molar-refractivity contribution is 5.98. The summed E-state index contributed by atoms with van der Waals surface area (Å²) in [7, 11) is 0. The van der Waals surface area contributed by atoms with Gasteiger partial charge in [-0.15, -0.1) is 0 Å². The van der Waals surface area contributed by atoms with Crippen LogP contribution in [0.15, 0.2) is 48.9 Å². The molecule has 0 saturated carbocycles. The van der Waals surface area contributed by atoms with E-state index in [1.807, 2.05) is 23.1 Å². The van der Waals surface area contributed by atoms with Gasteiger partial charge in [0.1, 0.15) is 11.5 Å². The fourth-order valence-electron chi connectivity index (χ4n) is 3.61. The van der Waals surface area contributed by atoms with Crippen LogP contribution in [0.4, 0.5) is 5.82 Å². The van der Waals surface area contributed by atoms with E-state index in [1.165, 1.54) is 0 Å². The second-order valence-corrected chi connectivity index (χ2v) is 6.58. The molecule has 0 atom stereocenters. The second kappa shape index (κ2) is 7.15. The molecule has 1 saturated heterocycles. The van der Waals surface area contributed by atoms with Crippen molar-refractivity contribution in [2.45, 2.75) is 19.9 Å². The number of hydrogen-bond donors (Lipinski definition) is 0. The summed E-state index contributed by atoms with van der Waals surface area (Å²) in [6.07, 6.45) is 6.15. The van der Waals surface area contributed by atoms with Gasteiger partial charge in [0, 0.05) is 56.0 Å². The van der Waals surface area contributed by atoms with E-state index in [-0.39, 0.29) is 5.91 Å². The van der Waals surface area contributed by atoms with Gasteiger partial charge in [-0.25, -0.2) is 4.98 Å². The number of nitrogens with zero attached hydrogens (tertiary/aromatic N) is 5. The van der Waals surface area contributed by atoms with Crippen molar-refractivity contribution in [3.63, 3.8) is 0 Å². The van der Waals surface area contributed by atoms with E-state index in [0.29, 0.717) is 13.1 Å². The first kappa shape index (κ1) is 16.6. The molecule has 1 aliphatic heterocycles. The molecule has 3 aromatic rings. The summed E-state index contributed by atoms with van der Waals surface area (Å²) in [4.78, 5) is 25.8. The van der Waals surface area contributed by atoms with E-state index in [4.69, 9.17) is 0 Å². The number of piperazine rings is 1. The Bertz CT molecular complexity index is 897. The Labute approximate surface area is 153 Å². The van der Waals surface area contributed by atoms with Gasteiger partial charge in [-0.3, -0.25) is 9.78 Å². The van der Waals surface area contributed by atoms with Gasteiger partial charge >= 0.3 is 0 Å². The molecule has 134 valence electrons. The predicted octanol–water partition coefficient (Wildman–Crippen LogP) is 2.80. The van der Waals surface area contributed by atoms with Crippen LogP contribution in [0.3, 0.4) is 0 Å². The average molecular weight is 349 g/mol. The normalized spacial score (nSPS) is 14.8. The van der Waals surface area contributed by atoms with E-state index >= 15 is 0 Å². The smallest absolute Gasteiger partial charge is 0.270 e. The first-order valence-corrected chi connectivity index (χ1v) is 9.16. The second-order valence-electron chi connectivity index (χ2n) is 6.58. The van der Waals surface area contributed by atoms with Crippen LogP contribution < -0.4 is 4.90 Å². The van der Waals surface area contributed by atoms with Gasteiger partial charge < -0.3 is 14.4 Å². The third-order valence-corrected chi connectivity index (χ3v) is 4.92. The van der Waals surface area contributed by atoms with Gasteiger partial charge in [-0.1, -0.05) is 25.1 Å². The number of anilines is 1. The van der Waals surface area contributed by atoms with Gasteiger partial charge in [-0.05, 0) is 18.6 Å². The minimum atomic E-state index is 0.119. The summed E-state index contributed by atoms with van der Waals surface area (Å²) in [5.41, 5.74) is 1.93. The number of aryl methyl sites for hydroxylation is 1. The van der Waals surface area contributed by atoms with Crippen molar-refractivity contribution in [3.8, 4) is 0 Å². The van der Waals surface area contributed by atoms with Gasteiger partial charge in [0.2, 0.25) is 0 Å². The Morgan fingerprint density at radius 2 is 1.92 bits per heavy atom. The van der Waals surface area contributed by atoms with E-state index in [2.05, 4.69) is 38.5 Å². The number of rotatable bonds is 4. The first-order chi connectivity index (χ1) is 12.8. The van der Waals surface area contributed by atoms with Crippen molar-refractivity contribution in [2.24, 2.45) is 0 Å². The van der Waals surface area contributed by atoms with Crippen LogP contribution >= 0.6 is 0 Å². The lowest BCUT2D eigenvalue weighted by molar-refractivity contribution is 0.0736. The van der Waals surface area contributed by atoms with Crippen molar-refractivity contribution in [1.29, 1.82) is 0 Å². The van der Waals surface area contributed by atoms with Crippen LogP contribution in [0.25, 0.3) is 10.9 Å². The van der Waals surface area contributed by atoms with Gasteiger partial charge in [0.15, 0.2) is 0 Å². The fraction of sp³-hybridized carbons (Fsp3) is 0.350. The number of carbonyl (C=O) groups excluding carboxylic acids is 1. The van der Waals surface area contributed by atoms with Gasteiger partial charge in [-0.2, -0.15) is 0 Å². The summed E-state index contributed by atoms with van der Waals surface area (Å²) in [6.45, 7) is 5.94. The van der Waals surface area contributed by atoms with Crippen molar-refractivity contribution in [1.82, 2.24) is 19.4 Å². The summed E-state index contributed by atoms with van der Waals surface area (Å²) in [5, 5.41) is 1.13. The molecular weight excluding hydrogens is 326 g/mol. The molecular formula is C20H23N5O. The molecule has 0 spiro atoms. The van der Waals surface area contributed by atoms with Crippen LogP contribution in [0.2, 0.25) is 0 Å². The van der Waals surface area contributed by atoms with Crippen molar-refractivity contribution in [3.05, 3.63) is 54.6 Å². The molecule has 2 aromatic heterocycles. The van der Waals surface area contributed by atoms with E-state index in [0.717, 1.165) is 48.5 Å². The van der Waals surface area contributed by atoms with Crippen LogP contribution in [0.1, 0.15) is 23.8 Å². The van der Waals surface area contributed by atoms with Crippen LogP contribution in [0.5, 0.6) is 0 Å². The van der Waals surface area contributed by atoms with Crippen LogP contribution in [0, 0.1) is 0 Å². The van der Waals surface area contributed by atoms with Gasteiger partial charge in [0.25, 0.3) is 5.91 Å². The molecule has 0 N–H and O–H groups in total. The van der Waals surface area contributed by atoms with Crippen molar-refractivity contribution in [2.75, 3.05) is 31.1 Å². The number of para-hydroxylation sites is 1. The molecule has 0 unspecified atom stereocenters. The topological polar surface area (TPSA) is 54.3 Å². The average Bonchev–Trinajstić information content (AvgIpc) is 3.07. The Kier molecular flexibility index (Phi) is 4.56. The summed E-state index contributed by atoms with van der Waals surface area (Å²) in [5.74, 6) is 0.994. The van der Waals surface area contributed by atoms with Gasteiger partial charge in [0.05, 0.1) is 6.20 Å². The molecule has 0 aliphatic carbocycles. The summed E-state index contributed by atoms with van der Waals surface area (Å²) >= 11 is 0. The Balaban J connectivity index is 1.54. The third-order valence-electron chi connectivity index (χ3n) is 4.92. The van der Waals surface area contributed by atoms with E-state index in [1.54, 1.807) is 18.6 Å². The highest BCUT2D eigenvalue weighted by atomic mass is 16.2. The van der Waals surface area contributed by atoms with Crippen molar-refractivity contribution < 1.29 is 4.79 Å². The SMILES string of the molecule is CCCn1c(C(=O)N2CCN(c3cnccn3)CC2)cc2ccccc21. The van der Waals surface area contributed by atoms with E-state index < -0.39 is 0 Å². The number of benzene rings is 1. The molecule has 6 heteroatoms. The number of hydrogen-bond acceptors (Lipinski definition) is 4. The summed E-state index contributed by atoms with van der Waals surface area (Å²) in [6, 6.07) is 10.2. The number of carbonyl (C=O) groups is 1. The molecule has 1 aliphatic rings. The molecule has 26 heavy (non-hydrogen) atoms. The maximum absolute atomic E-state index is 13.2.